The number of halogens is 1. The van der Waals surface area contributed by atoms with Gasteiger partial charge in [0, 0.05) is 0 Å². The molecule has 24 heavy (non-hydrogen) atoms. The molecule has 7 nitrogen and oxygen atoms in total. The molecule has 9 heteroatoms. The average molecular weight is 374 g/mol. The van der Waals surface area contributed by atoms with Gasteiger partial charge in [-0.15, -0.1) is 0 Å². The average Bonchev–Trinajstić information content (AvgIpc) is 2.50. The summed E-state index contributed by atoms with van der Waals surface area (Å²) < 4.78 is 16.1. The number of carbonyl (C=O) groups excluding carboxylic acids is 1. The van der Waals surface area contributed by atoms with Crippen LogP contribution in [-0.4, -0.2) is 36.6 Å². The van der Waals surface area contributed by atoms with E-state index in [1.807, 2.05) is 6.92 Å². The molecule has 0 aliphatic rings. The molecule has 0 bridgehead atoms. The summed E-state index contributed by atoms with van der Waals surface area (Å²) in [6.45, 7) is 5.78. The fourth-order valence-corrected chi connectivity index (χ4v) is 2.01. The smallest absolute Gasteiger partial charge is 0.347 e. The Morgan fingerprint density at radius 1 is 1.46 bits per heavy atom. The number of rotatable bonds is 8. The van der Waals surface area contributed by atoms with Crippen molar-refractivity contribution in [1.29, 1.82) is 0 Å². The van der Waals surface area contributed by atoms with E-state index < -0.39 is 12.1 Å². The molecule has 0 spiro atoms. The fraction of sp³-hybridized carbons (Fsp3) is 0.400. The number of carbonyl (C=O) groups is 1. The van der Waals surface area contributed by atoms with Gasteiger partial charge in [-0.3, -0.25) is 5.43 Å². The van der Waals surface area contributed by atoms with Gasteiger partial charge >= 0.3 is 5.97 Å². The van der Waals surface area contributed by atoms with E-state index in [1.165, 1.54) is 6.21 Å². The third kappa shape index (κ3) is 6.21. The zero-order valence-electron chi connectivity index (χ0n) is 13.7. The van der Waals surface area contributed by atoms with Gasteiger partial charge in [0.1, 0.15) is 0 Å². The second-order valence-electron chi connectivity index (χ2n) is 4.51. The lowest BCUT2D eigenvalue weighted by Crippen LogP contribution is -2.26. The van der Waals surface area contributed by atoms with Gasteiger partial charge in [-0.1, -0.05) is 11.6 Å². The summed E-state index contributed by atoms with van der Waals surface area (Å²) in [5, 5.41) is 4.18. The number of nitrogens with one attached hydrogen (secondary N) is 1. The number of nitrogens with zero attached hydrogens (tertiary/aromatic N) is 1. The van der Waals surface area contributed by atoms with Crippen LogP contribution in [0.4, 0.5) is 0 Å². The Morgan fingerprint density at radius 3 is 2.75 bits per heavy atom. The van der Waals surface area contributed by atoms with Crippen molar-refractivity contribution in [1.82, 2.24) is 5.43 Å². The minimum absolute atomic E-state index is 0.0468. The molecule has 0 aliphatic carbocycles. The lowest BCUT2D eigenvalue weighted by atomic mass is 10.2. The van der Waals surface area contributed by atoms with E-state index in [0.717, 1.165) is 0 Å². The van der Waals surface area contributed by atoms with Crippen LogP contribution in [0, 0.1) is 0 Å². The Labute approximate surface area is 151 Å². The third-order valence-corrected chi connectivity index (χ3v) is 3.01. The van der Waals surface area contributed by atoms with E-state index >= 15 is 0 Å². The molecular weight excluding hydrogens is 354 g/mol. The standard InChI is InChI=1S/C15H20ClN3O4S/c1-4-21-12-7-10(8-18-19-15(17)24)6-11(16)13(12)23-9(3)14(20)22-5-2/h6-9H,4-5H2,1-3H3,(H3,17,19,24). The molecule has 0 saturated heterocycles. The molecule has 0 aromatic heterocycles. The molecule has 1 atom stereocenters. The summed E-state index contributed by atoms with van der Waals surface area (Å²) >= 11 is 10.9. The molecule has 0 radical (unpaired) electrons. The first-order valence-corrected chi connectivity index (χ1v) is 8.05. The van der Waals surface area contributed by atoms with Crippen LogP contribution in [0.2, 0.25) is 5.02 Å². The van der Waals surface area contributed by atoms with E-state index in [-0.39, 0.29) is 22.5 Å². The molecule has 0 heterocycles. The van der Waals surface area contributed by atoms with Gasteiger partial charge in [0.2, 0.25) is 0 Å². The number of hydrogen-bond donors (Lipinski definition) is 2. The maximum Gasteiger partial charge on any atom is 0.347 e. The fourth-order valence-electron chi connectivity index (χ4n) is 1.69. The number of nitrogens with two attached hydrogens (primary N) is 1. The first kappa shape index (κ1) is 20.0. The maximum atomic E-state index is 11.7. The molecule has 0 aliphatic heterocycles. The zero-order valence-corrected chi connectivity index (χ0v) is 15.2. The third-order valence-electron chi connectivity index (χ3n) is 2.63. The molecule has 0 amide bonds. The van der Waals surface area contributed by atoms with Crippen molar-refractivity contribution in [3.05, 3.63) is 22.7 Å². The van der Waals surface area contributed by atoms with Gasteiger partial charge in [0.15, 0.2) is 22.7 Å². The van der Waals surface area contributed by atoms with Gasteiger partial charge in [0.25, 0.3) is 0 Å². The van der Waals surface area contributed by atoms with Crippen LogP contribution in [-0.2, 0) is 9.53 Å². The number of thiocarbonyl (C=S) groups is 1. The monoisotopic (exact) mass is 373 g/mol. The van der Waals surface area contributed by atoms with Crippen molar-refractivity contribution >= 4 is 41.1 Å². The van der Waals surface area contributed by atoms with Crippen molar-refractivity contribution in [3.8, 4) is 11.5 Å². The predicted molar refractivity (Wildman–Crippen MR) is 96.9 cm³/mol. The van der Waals surface area contributed by atoms with Crippen LogP contribution in [0.5, 0.6) is 11.5 Å². The van der Waals surface area contributed by atoms with Crippen LogP contribution in [0.25, 0.3) is 0 Å². The zero-order chi connectivity index (χ0) is 18.1. The highest BCUT2D eigenvalue weighted by Crippen LogP contribution is 2.37. The Hall–Kier alpha value is -2.06. The summed E-state index contributed by atoms with van der Waals surface area (Å²) in [7, 11) is 0. The summed E-state index contributed by atoms with van der Waals surface area (Å²) in [6, 6.07) is 3.29. The molecular formula is C15H20ClN3O4S. The van der Waals surface area contributed by atoms with Crippen molar-refractivity contribution in [2.24, 2.45) is 10.8 Å². The highest BCUT2D eigenvalue weighted by Gasteiger charge is 2.20. The Kier molecular flexibility index (Phi) is 8.28. The predicted octanol–water partition coefficient (Wildman–Crippen LogP) is 2.24. The first-order valence-electron chi connectivity index (χ1n) is 7.27. The highest BCUT2D eigenvalue weighted by atomic mass is 35.5. The van der Waals surface area contributed by atoms with Gasteiger partial charge in [-0.25, -0.2) is 4.79 Å². The normalized spacial score (nSPS) is 11.8. The minimum Gasteiger partial charge on any atom is -0.490 e. The molecule has 1 unspecified atom stereocenters. The minimum atomic E-state index is -0.822. The number of ether oxygens (including phenoxy) is 3. The van der Waals surface area contributed by atoms with E-state index in [4.69, 9.17) is 31.5 Å². The quantitative estimate of drug-likeness (QED) is 0.312. The van der Waals surface area contributed by atoms with Crippen LogP contribution in [0.15, 0.2) is 17.2 Å². The van der Waals surface area contributed by atoms with Gasteiger partial charge in [0.05, 0.1) is 24.5 Å². The summed E-state index contributed by atoms with van der Waals surface area (Å²) in [6.07, 6.45) is 0.656. The van der Waals surface area contributed by atoms with Crippen LogP contribution in [0.3, 0.4) is 0 Å². The first-order chi connectivity index (χ1) is 11.4. The molecule has 132 valence electrons. The van der Waals surface area contributed by atoms with Crippen molar-refractivity contribution in [3.63, 3.8) is 0 Å². The molecule has 1 aromatic carbocycles. The van der Waals surface area contributed by atoms with Crippen molar-refractivity contribution in [2.45, 2.75) is 26.9 Å². The lowest BCUT2D eigenvalue weighted by Gasteiger charge is -2.18. The van der Waals surface area contributed by atoms with E-state index in [9.17, 15) is 4.79 Å². The van der Waals surface area contributed by atoms with Crippen LogP contribution in [0.1, 0.15) is 26.3 Å². The summed E-state index contributed by atoms with van der Waals surface area (Å²) in [5.74, 6) is 0.166. The van der Waals surface area contributed by atoms with Crippen molar-refractivity contribution in [2.75, 3.05) is 13.2 Å². The largest absolute Gasteiger partial charge is 0.490 e. The maximum absolute atomic E-state index is 11.7. The second kappa shape index (κ2) is 9.94. The number of hydrazone groups is 1. The van der Waals surface area contributed by atoms with Crippen LogP contribution >= 0.6 is 23.8 Å². The SMILES string of the molecule is CCOC(=O)C(C)Oc1c(Cl)cc(C=NNC(N)=S)cc1OCC. The molecule has 1 aromatic rings. The van der Waals surface area contributed by atoms with Crippen molar-refractivity contribution < 1.29 is 19.0 Å². The molecule has 0 saturated carbocycles. The number of esters is 1. The highest BCUT2D eigenvalue weighted by molar-refractivity contribution is 7.80. The van der Waals surface area contributed by atoms with Gasteiger partial charge < -0.3 is 19.9 Å². The second-order valence-corrected chi connectivity index (χ2v) is 5.36. The Morgan fingerprint density at radius 2 is 2.17 bits per heavy atom. The topological polar surface area (TPSA) is 95.2 Å². The van der Waals surface area contributed by atoms with E-state index in [2.05, 4.69) is 22.7 Å². The van der Waals surface area contributed by atoms with E-state index in [0.29, 0.717) is 17.9 Å². The van der Waals surface area contributed by atoms with E-state index in [1.54, 1.807) is 26.0 Å². The summed E-state index contributed by atoms with van der Waals surface area (Å²) in [4.78, 5) is 11.7. The Bertz CT molecular complexity index is 625. The Balaban J connectivity index is 3.04. The lowest BCUT2D eigenvalue weighted by molar-refractivity contribution is -0.150. The number of hydrogen-bond acceptors (Lipinski definition) is 6. The van der Waals surface area contributed by atoms with Crippen LogP contribution < -0.4 is 20.6 Å². The summed E-state index contributed by atoms with van der Waals surface area (Å²) in [5.41, 5.74) is 8.37. The molecule has 1 rings (SSSR count). The number of benzene rings is 1. The van der Waals surface area contributed by atoms with Gasteiger partial charge in [-0.2, -0.15) is 5.10 Å². The molecule has 3 N–H and O–H groups in total. The molecule has 0 fully saturated rings. The van der Waals surface area contributed by atoms with Gasteiger partial charge in [-0.05, 0) is 50.7 Å².